The molecule has 1 rings (SSSR count). The standard InChI is InChI=1S/C11H24O7Si3.C5H12O2SSi.CH4.U.V/c1-9-19(12-4,13-5)17-21(11-3,16-8)18-20(10-2,14-6)15-7;1-6-9(7-2)5-3-4-8-9;;;/h9-11H,1-3H2,4-8H3;3-5H2,1-2H3;1H4;;. The van der Waals surface area contributed by atoms with E-state index in [0.717, 1.165) is 6.04 Å². The van der Waals surface area contributed by atoms with E-state index in [9.17, 15) is 0 Å². The van der Waals surface area contributed by atoms with E-state index in [1.54, 1.807) is 14.2 Å². The molecule has 16 heteroatoms. The molecule has 1 aliphatic heterocycles. The molecule has 9 nitrogen and oxygen atoms in total. The summed E-state index contributed by atoms with van der Waals surface area (Å²) >= 11 is 1.88. The summed E-state index contributed by atoms with van der Waals surface area (Å²) in [6.07, 6.45) is 1.26. The fourth-order valence-electron chi connectivity index (χ4n) is 2.41. The number of hydrogen-bond donors (Lipinski definition) is 0. The normalized spacial score (nSPS) is 15.0. The third-order valence-corrected chi connectivity index (χ3v) is 19.9. The minimum absolute atomic E-state index is 0. The number of rotatable bonds is 14. The van der Waals surface area contributed by atoms with E-state index >= 15 is 0 Å². The molecule has 0 saturated carbocycles. The Balaban J connectivity index is -0.000000296. The molecular formula is C17H40O9SSi4UV. The quantitative estimate of drug-likeness (QED) is 0.244. The Hall–Kier alpha value is 1.71. The van der Waals surface area contributed by atoms with Crippen molar-refractivity contribution in [3.8, 4) is 0 Å². The third-order valence-electron chi connectivity index (χ3n) is 4.31. The molecule has 0 unspecified atom stereocenters. The largest absolute Gasteiger partial charge is 0.521 e. The van der Waals surface area contributed by atoms with Crippen molar-refractivity contribution in [2.24, 2.45) is 0 Å². The van der Waals surface area contributed by atoms with Gasteiger partial charge in [0.05, 0.1) is 0 Å². The Kier molecular flexibility index (Phi) is 26.3. The van der Waals surface area contributed by atoms with Crippen LogP contribution in [0.25, 0.3) is 0 Å². The molecule has 0 bridgehead atoms. The van der Waals surface area contributed by atoms with Gasteiger partial charge in [0.15, 0.2) is 0 Å². The van der Waals surface area contributed by atoms with Gasteiger partial charge in [-0.15, -0.1) is 11.2 Å². The van der Waals surface area contributed by atoms with E-state index in [1.165, 1.54) is 64.8 Å². The Morgan fingerprint density at radius 3 is 1.18 bits per heavy atom. The van der Waals surface area contributed by atoms with Crippen molar-refractivity contribution in [1.29, 1.82) is 0 Å². The van der Waals surface area contributed by atoms with Crippen molar-refractivity contribution in [3.63, 3.8) is 0 Å². The van der Waals surface area contributed by atoms with Crippen molar-refractivity contribution in [2.45, 2.75) is 19.9 Å². The van der Waals surface area contributed by atoms with Gasteiger partial charge in [0, 0.05) is 105 Å². The van der Waals surface area contributed by atoms with Crippen LogP contribution < -0.4 is 0 Å². The molecule has 1 heterocycles. The SMILES string of the molecule is C.C=C[Si](OC)(OC)O[Si](C=C)(OC)O[Si](C=C)(OC)OC.CO[Si]1(OC)CCCS1.[U].[V]. The van der Waals surface area contributed by atoms with Gasteiger partial charge in [-0.1, -0.05) is 27.2 Å². The summed E-state index contributed by atoms with van der Waals surface area (Å²) in [6, 6.07) is 1.16. The van der Waals surface area contributed by atoms with Gasteiger partial charge in [-0.05, 0) is 29.3 Å². The molecule has 1 aliphatic rings. The van der Waals surface area contributed by atoms with E-state index in [1.807, 2.05) is 11.2 Å². The van der Waals surface area contributed by atoms with Gasteiger partial charge in [0.2, 0.25) is 0 Å². The first-order chi connectivity index (χ1) is 14.2. The topological polar surface area (TPSA) is 83.1 Å². The van der Waals surface area contributed by atoms with Crippen LogP contribution in [-0.2, 0) is 57.8 Å². The van der Waals surface area contributed by atoms with Crippen LogP contribution in [-0.4, -0.2) is 89.6 Å². The summed E-state index contributed by atoms with van der Waals surface area (Å²) in [5.74, 6) is 1.22. The minimum Gasteiger partial charge on any atom is -0.390 e. The maximum absolute atomic E-state index is 5.91. The maximum atomic E-state index is 5.91. The van der Waals surface area contributed by atoms with Crippen molar-refractivity contribution < 1.29 is 88.9 Å². The number of hydrogen-bond acceptors (Lipinski definition) is 10. The summed E-state index contributed by atoms with van der Waals surface area (Å²) < 4.78 is 49.2. The molecule has 0 aromatic heterocycles. The second kappa shape index (κ2) is 20.7. The molecule has 193 valence electrons. The van der Waals surface area contributed by atoms with Crippen molar-refractivity contribution in [3.05, 3.63) is 36.8 Å². The predicted molar refractivity (Wildman–Crippen MR) is 133 cm³/mol. The van der Waals surface area contributed by atoms with Gasteiger partial charge in [-0.3, -0.25) is 0 Å². The van der Waals surface area contributed by atoms with Crippen LogP contribution in [0.4, 0.5) is 0 Å². The van der Waals surface area contributed by atoms with Crippen LogP contribution in [0.1, 0.15) is 13.8 Å². The van der Waals surface area contributed by atoms with Crippen LogP contribution in [0.15, 0.2) is 36.8 Å². The van der Waals surface area contributed by atoms with E-state index in [4.69, 9.17) is 39.2 Å². The molecule has 0 amide bonds. The van der Waals surface area contributed by atoms with Crippen LogP contribution in [0.3, 0.4) is 0 Å². The van der Waals surface area contributed by atoms with Gasteiger partial charge in [0.1, 0.15) is 0 Å². The second-order valence-corrected chi connectivity index (χ2v) is 20.3. The van der Waals surface area contributed by atoms with Crippen molar-refractivity contribution in [2.75, 3.05) is 55.5 Å². The minimum atomic E-state index is -3.40. The maximum Gasteiger partial charge on any atom is 0.521 e. The van der Waals surface area contributed by atoms with Crippen molar-refractivity contribution >= 4 is 45.3 Å². The Bertz CT molecular complexity index is 509. The van der Waals surface area contributed by atoms with Crippen LogP contribution in [0, 0.1) is 31.1 Å². The van der Waals surface area contributed by atoms with Gasteiger partial charge in [0.25, 0.3) is 0 Å². The molecule has 1 radical (unpaired) electrons. The summed E-state index contributed by atoms with van der Waals surface area (Å²) in [4.78, 5) is 0. The van der Waals surface area contributed by atoms with Gasteiger partial charge >= 0.3 is 34.1 Å². The van der Waals surface area contributed by atoms with E-state index in [2.05, 4.69) is 19.7 Å². The van der Waals surface area contributed by atoms with Crippen LogP contribution in [0.2, 0.25) is 6.04 Å². The van der Waals surface area contributed by atoms with Gasteiger partial charge in [-0.2, -0.15) is 0 Å². The van der Waals surface area contributed by atoms with Crippen LogP contribution in [0.5, 0.6) is 0 Å². The Morgan fingerprint density at radius 2 is 1.03 bits per heavy atom. The molecule has 0 N–H and O–H groups in total. The third kappa shape index (κ3) is 12.2. The summed E-state index contributed by atoms with van der Waals surface area (Å²) in [5, 5.41) is 0. The molecule has 33 heavy (non-hydrogen) atoms. The Labute approximate surface area is 244 Å². The average molecular weight is 822 g/mol. The smallest absolute Gasteiger partial charge is 0.390 e. The first kappa shape index (κ1) is 41.8. The van der Waals surface area contributed by atoms with E-state index in [0.29, 0.717) is 0 Å². The molecule has 1 saturated heterocycles. The first-order valence-electron chi connectivity index (χ1n) is 9.04. The first-order valence-corrected chi connectivity index (χ1v) is 18.2. The molecular weight excluding hydrogens is 782 g/mol. The molecule has 0 atom stereocenters. The summed E-state index contributed by atoms with van der Waals surface area (Å²) in [7, 11) is -0.573. The molecule has 0 aromatic carbocycles. The molecule has 0 aliphatic carbocycles. The zero-order valence-electron chi connectivity index (χ0n) is 20.0. The predicted octanol–water partition coefficient (Wildman–Crippen LogP) is 3.23. The van der Waals surface area contributed by atoms with Gasteiger partial charge < -0.3 is 39.2 Å². The molecule has 0 aromatic rings. The monoisotopic (exact) mass is 821 g/mol. The molecule has 0 spiro atoms. The molecule has 1 fully saturated rings. The fourth-order valence-corrected chi connectivity index (χ4v) is 16.0. The summed E-state index contributed by atoms with van der Waals surface area (Å²) in [5.41, 5.74) is 4.38. The zero-order chi connectivity index (χ0) is 23.3. The second-order valence-electron chi connectivity index (χ2n) is 5.69. The average Bonchev–Trinajstić information content (AvgIpc) is 3.31. The van der Waals surface area contributed by atoms with Gasteiger partial charge in [-0.25, -0.2) is 0 Å². The Morgan fingerprint density at radius 1 is 0.697 bits per heavy atom. The zero-order valence-corrected chi connectivity index (χ0v) is 30.4. The fraction of sp³-hybridized carbons (Fsp3) is 0.647. The van der Waals surface area contributed by atoms with E-state index in [-0.39, 0.29) is 57.1 Å². The van der Waals surface area contributed by atoms with E-state index < -0.39 is 34.1 Å². The summed E-state index contributed by atoms with van der Waals surface area (Å²) in [6.45, 7) is 11.1. The van der Waals surface area contributed by atoms with Crippen LogP contribution >= 0.6 is 11.2 Å². The van der Waals surface area contributed by atoms with Crippen molar-refractivity contribution in [1.82, 2.24) is 0 Å².